The summed E-state index contributed by atoms with van der Waals surface area (Å²) < 4.78 is 1.63. The second-order valence-electron chi connectivity index (χ2n) is 6.77. The first kappa shape index (κ1) is 18.3. The van der Waals surface area contributed by atoms with E-state index >= 15 is 0 Å². The molecule has 142 valence electrons. The van der Waals surface area contributed by atoms with E-state index in [1.165, 1.54) is 0 Å². The van der Waals surface area contributed by atoms with Gasteiger partial charge >= 0.3 is 0 Å². The summed E-state index contributed by atoms with van der Waals surface area (Å²) in [4.78, 5) is 27.0. The number of para-hydroxylation sites is 1. The van der Waals surface area contributed by atoms with Crippen LogP contribution in [0.1, 0.15) is 18.0 Å². The highest BCUT2D eigenvalue weighted by Gasteiger charge is 2.35. The van der Waals surface area contributed by atoms with Crippen LogP contribution in [0.15, 0.2) is 54.6 Å². The molecule has 1 unspecified atom stereocenters. The van der Waals surface area contributed by atoms with E-state index < -0.39 is 6.04 Å². The van der Waals surface area contributed by atoms with Gasteiger partial charge in [0.25, 0.3) is 5.91 Å². The lowest BCUT2D eigenvalue weighted by Crippen LogP contribution is -2.40. The third-order valence-electron chi connectivity index (χ3n) is 4.96. The zero-order valence-electron chi connectivity index (χ0n) is 15.5. The molecule has 28 heavy (non-hydrogen) atoms. The minimum atomic E-state index is -0.700. The molecule has 1 aliphatic rings. The minimum Gasteiger partial charge on any atom is -0.314 e. The van der Waals surface area contributed by atoms with Gasteiger partial charge in [-0.3, -0.25) is 9.59 Å². The Balaban J connectivity index is 1.74. The summed E-state index contributed by atoms with van der Waals surface area (Å²) in [6.07, 6.45) is 0.0458. The molecule has 0 spiro atoms. The summed E-state index contributed by atoms with van der Waals surface area (Å²) in [6.45, 7) is 1.89. The van der Waals surface area contributed by atoms with Crippen molar-refractivity contribution in [3.8, 4) is 11.3 Å². The number of likely N-dealkylation sites (N-methyl/N-ethyl adjacent to an activating group) is 1. The summed E-state index contributed by atoms with van der Waals surface area (Å²) in [5.74, 6) is 0.173. The van der Waals surface area contributed by atoms with E-state index in [9.17, 15) is 9.59 Å². The van der Waals surface area contributed by atoms with Gasteiger partial charge in [-0.25, -0.2) is 4.68 Å². The second kappa shape index (κ2) is 7.13. The molecule has 0 saturated heterocycles. The van der Waals surface area contributed by atoms with Crippen LogP contribution in [-0.4, -0.2) is 28.6 Å². The Morgan fingerprint density at radius 3 is 2.54 bits per heavy atom. The third-order valence-corrected chi connectivity index (χ3v) is 5.21. The van der Waals surface area contributed by atoms with E-state index in [-0.39, 0.29) is 18.2 Å². The van der Waals surface area contributed by atoms with Crippen LogP contribution in [0.2, 0.25) is 5.02 Å². The van der Waals surface area contributed by atoms with Crippen molar-refractivity contribution in [1.82, 2.24) is 9.78 Å². The molecule has 2 heterocycles. The maximum Gasteiger partial charge on any atom is 0.252 e. The molecule has 6 nitrogen and oxygen atoms in total. The molecule has 1 aliphatic heterocycles. The Labute approximate surface area is 167 Å². The molecule has 2 amide bonds. The van der Waals surface area contributed by atoms with Crippen molar-refractivity contribution in [1.29, 1.82) is 0 Å². The maximum atomic E-state index is 13.2. The number of carbonyl (C=O) groups excluding carboxylic acids is 2. The van der Waals surface area contributed by atoms with Crippen LogP contribution in [-0.2, 0) is 9.59 Å². The Bertz CT molecular complexity index is 1040. The van der Waals surface area contributed by atoms with Crippen LogP contribution >= 0.6 is 11.6 Å². The van der Waals surface area contributed by atoms with Crippen LogP contribution in [0.5, 0.6) is 0 Å². The van der Waals surface area contributed by atoms with Crippen molar-refractivity contribution < 1.29 is 9.59 Å². The summed E-state index contributed by atoms with van der Waals surface area (Å²) in [5.41, 5.74) is 3.17. The zero-order valence-corrected chi connectivity index (χ0v) is 16.3. The average Bonchev–Trinajstić information content (AvgIpc) is 3.04. The van der Waals surface area contributed by atoms with Crippen molar-refractivity contribution in [2.24, 2.45) is 0 Å². The second-order valence-corrected chi connectivity index (χ2v) is 7.21. The monoisotopic (exact) mass is 394 g/mol. The van der Waals surface area contributed by atoms with Crippen LogP contribution in [0.3, 0.4) is 0 Å². The molecule has 0 bridgehead atoms. The highest BCUT2D eigenvalue weighted by Crippen LogP contribution is 2.35. The van der Waals surface area contributed by atoms with Gasteiger partial charge < -0.3 is 10.2 Å². The molecule has 2 aromatic carbocycles. The highest BCUT2D eigenvalue weighted by molar-refractivity contribution is 6.30. The first-order chi connectivity index (χ1) is 13.5. The van der Waals surface area contributed by atoms with Crippen molar-refractivity contribution in [2.75, 3.05) is 17.3 Å². The van der Waals surface area contributed by atoms with Crippen LogP contribution in [0, 0.1) is 6.92 Å². The number of carbonyl (C=O) groups is 2. The predicted octanol–water partition coefficient (Wildman–Crippen LogP) is 4.06. The molecule has 1 aromatic heterocycles. The third kappa shape index (κ3) is 3.16. The fourth-order valence-electron chi connectivity index (χ4n) is 3.41. The van der Waals surface area contributed by atoms with Crippen molar-refractivity contribution in [3.05, 3.63) is 65.2 Å². The molecule has 1 N–H and O–H groups in total. The zero-order chi connectivity index (χ0) is 19.8. The lowest BCUT2D eigenvalue weighted by Gasteiger charge is -2.28. The fraction of sp³-hybridized carbons (Fsp3) is 0.190. The number of rotatable bonds is 3. The normalized spacial score (nSPS) is 15.7. The summed E-state index contributed by atoms with van der Waals surface area (Å²) in [6, 6.07) is 16.0. The number of hydrogen-bond donors (Lipinski definition) is 1. The van der Waals surface area contributed by atoms with E-state index in [1.807, 2.05) is 49.4 Å². The van der Waals surface area contributed by atoms with Gasteiger partial charge in [0.15, 0.2) is 0 Å². The summed E-state index contributed by atoms with van der Waals surface area (Å²) in [7, 11) is 1.71. The standard InChI is InChI=1S/C21H19ClN4O2/c1-13-19(14-8-10-15(22)11-9-14)24-26-17(12-18(27)23-20(13)26)21(28)25(2)16-6-4-3-5-7-16/h3-11,17H,12H2,1-2H3,(H,23,27). The quantitative estimate of drug-likeness (QED) is 0.728. The van der Waals surface area contributed by atoms with Gasteiger partial charge in [-0.05, 0) is 31.2 Å². The SMILES string of the molecule is Cc1c(-c2ccc(Cl)cc2)nn2c1NC(=O)CC2C(=O)N(C)c1ccccc1. The van der Waals surface area contributed by atoms with Crippen molar-refractivity contribution in [3.63, 3.8) is 0 Å². The van der Waals surface area contributed by atoms with E-state index in [0.717, 1.165) is 16.8 Å². The lowest BCUT2D eigenvalue weighted by atomic mass is 10.1. The number of amides is 2. The van der Waals surface area contributed by atoms with Crippen LogP contribution in [0.25, 0.3) is 11.3 Å². The fourth-order valence-corrected chi connectivity index (χ4v) is 3.54. The first-order valence-corrected chi connectivity index (χ1v) is 9.31. The smallest absolute Gasteiger partial charge is 0.252 e. The lowest BCUT2D eigenvalue weighted by molar-refractivity contribution is -0.126. The van der Waals surface area contributed by atoms with Crippen molar-refractivity contribution >= 4 is 34.9 Å². The number of nitrogens with one attached hydrogen (secondary N) is 1. The molecule has 3 aromatic rings. The highest BCUT2D eigenvalue weighted by atomic mass is 35.5. The Morgan fingerprint density at radius 2 is 1.86 bits per heavy atom. The number of nitrogens with zero attached hydrogens (tertiary/aromatic N) is 3. The van der Waals surface area contributed by atoms with E-state index in [4.69, 9.17) is 11.6 Å². The minimum absolute atomic E-state index is 0.0458. The van der Waals surface area contributed by atoms with Gasteiger partial charge in [-0.2, -0.15) is 5.10 Å². The number of hydrogen-bond acceptors (Lipinski definition) is 3. The van der Waals surface area contributed by atoms with E-state index in [1.54, 1.807) is 28.8 Å². The van der Waals surface area contributed by atoms with Crippen molar-refractivity contribution in [2.45, 2.75) is 19.4 Å². The van der Waals surface area contributed by atoms with Gasteiger partial charge in [-0.1, -0.05) is 41.9 Å². The number of anilines is 2. The molecular weight excluding hydrogens is 376 g/mol. The summed E-state index contributed by atoms with van der Waals surface area (Å²) >= 11 is 5.98. The molecule has 4 rings (SSSR count). The molecule has 0 saturated carbocycles. The molecule has 0 fully saturated rings. The largest absolute Gasteiger partial charge is 0.314 e. The van der Waals surface area contributed by atoms with Crippen LogP contribution < -0.4 is 10.2 Å². The van der Waals surface area contributed by atoms with Gasteiger partial charge in [0.2, 0.25) is 5.91 Å². The molecule has 7 heteroatoms. The van der Waals surface area contributed by atoms with Gasteiger partial charge in [0.1, 0.15) is 11.9 Å². The Hall–Kier alpha value is -3.12. The van der Waals surface area contributed by atoms with Gasteiger partial charge in [0.05, 0.1) is 12.1 Å². The Morgan fingerprint density at radius 1 is 1.18 bits per heavy atom. The van der Waals surface area contributed by atoms with Gasteiger partial charge in [-0.15, -0.1) is 0 Å². The number of aromatic nitrogens is 2. The topological polar surface area (TPSA) is 67.2 Å². The Kier molecular flexibility index (Phi) is 4.65. The van der Waals surface area contributed by atoms with E-state index in [0.29, 0.717) is 16.5 Å². The van der Waals surface area contributed by atoms with Crippen LogP contribution in [0.4, 0.5) is 11.5 Å². The predicted molar refractivity (Wildman–Crippen MR) is 110 cm³/mol. The number of benzene rings is 2. The summed E-state index contributed by atoms with van der Waals surface area (Å²) in [5, 5.41) is 8.17. The first-order valence-electron chi connectivity index (χ1n) is 8.93. The van der Waals surface area contributed by atoms with E-state index in [2.05, 4.69) is 10.4 Å². The molecule has 0 radical (unpaired) electrons. The number of fused-ring (bicyclic) bond motifs is 1. The van der Waals surface area contributed by atoms with Gasteiger partial charge in [0, 0.05) is 28.9 Å². The molecule has 1 atom stereocenters. The maximum absolute atomic E-state index is 13.2. The molecule has 0 aliphatic carbocycles. The molecular formula is C21H19ClN4O2. The average molecular weight is 395 g/mol. The number of halogens is 1.